The molecular formula is C28H25FNO+. The standard InChI is InChI=1S/C28H25FNO/c1-17(2)20-11-15-24(30(4)16-20)25-18(3)10-12-21-22-13-14-23(29)26(28(22)31-27(21)25)19-8-6-5-7-9-19/h5-17H,1-4H3/q+1/i5D,6D,7D,8D,9D. The molecule has 0 fully saturated rings. The van der Waals surface area contributed by atoms with Gasteiger partial charge < -0.3 is 4.42 Å². The molecule has 0 atom stereocenters. The SMILES string of the molecule is [2H]c1c([2H])c([2H])c(-c2c(F)ccc3c2oc2c(-c4ccc(C(C)C)c[n+]4C)c(C)ccc23)c([2H])c1[2H]. The first kappa shape index (κ1) is 14.5. The summed E-state index contributed by atoms with van der Waals surface area (Å²) in [4.78, 5) is 0. The van der Waals surface area contributed by atoms with E-state index in [1.807, 2.05) is 36.7 Å². The van der Waals surface area contributed by atoms with E-state index in [0.29, 0.717) is 16.9 Å². The highest BCUT2D eigenvalue weighted by Crippen LogP contribution is 2.41. The van der Waals surface area contributed by atoms with Crippen LogP contribution in [-0.2, 0) is 7.05 Å². The lowest BCUT2D eigenvalue weighted by Gasteiger charge is -2.08. The fourth-order valence-corrected chi connectivity index (χ4v) is 4.13. The molecule has 31 heavy (non-hydrogen) atoms. The average Bonchev–Trinajstić information content (AvgIpc) is 3.21. The summed E-state index contributed by atoms with van der Waals surface area (Å²) in [6, 6.07) is 8.37. The smallest absolute Gasteiger partial charge is 0.216 e. The van der Waals surface area contributed by atoms with Gasteiger partial charge in [-0.2, -0.15) is 0 Å². The number of hydrogen-bond acceptors (Lipinski definition) is 1. The van der Waals surface area contributed by atoms with Crippen LogP contribution in [-0.4, -0.2) is 0 Å². The first-order valence-electron chi connectivity index (χ1n) is 12.7. The molecule has 0 aliphatic rings. The number of nitrogens with zero attached hydrogens (tertiary/aromatic N) is 1. The van der Waals surface area contributed by atoms with Crippen molar-refractivity contribution in [3.05, 3.63) is 89.8 Å². The number of pyridine rings is 1. The molecule has 2 aromatic heterocycles. The monoisotopic (exact) mass is 415 g/mol. The van der Waals surface area contributed by atoms with Crippen LogP contribution in [0.5, 0.6) is 0 Å². The summed E-state index contributed by atoms with van der Waals surface area (Å²) < 4.78 is 64.5. The maximum Gasteiger partial charge on any atom is 0.216 e. The van der Waals surface area contributed by atoms with Crippen LogP contribution >= 0.6 is 0 Å². The van der Waals surface area contributed by atoms with Crippen molar-refractivity contribution >= 4 is 21.9 Å². The zero-order valence-corrected chi connectivity index (χ0v) is 17.9. The third-order valence-electron chi connectivity index (χ3n) is 5.80. The number of halogens is 1. The molecule has 0 amide bonds. The van der Waals surface area contributed by atoms with E-state index < -0.39 is 36.0 Å². The second-order valence-electron chi connectivity index (χ2n) is 8.15. The zero-order chi connectivity index (χ0) is 26.0. The van der Waals surface area contributed by atoms with Crippen LogP contribution in [0.15, 0.2) is 77.2 Å². The van der Waals surface area contributed by atoms with Crippen molar-refractivity contribution in [2.45, 2.75) is 26.7 Å². The van der Waals surface area contributed by atoms with E-state index in [1.165, 1.54) is 11.6 Å². The molecule has 3 heteroatoms. The fraction of sp³-hybridized carbons (Fsp3) is 0.179. The topological polar surface area (TPSA) is 17.0 Å². The summed E-state index contributed by atoms with van der Waals surface area (Å²) in [6.45, 7) is 6.25. The molecule has 0 bridgehead atoms. The van der Waals surface area contributed by atoms with Gasteiger partial charge in [-0.25, -0.2) is 8.96 Å². The Bertz CT molecular complexity index is 1680. The van der Waals surface area contributed by atoms with Gasteiger partial charge in [-0.15, -0.1) is 0 Å². The van der Waals surface area contributed by atoms with Crippen LogP contribution in [0.3, 0.4) is 0 Å². The van der Waals surface area contributed by atoms with E-state index in [0.717, 1.165) is 22.2 Å². The maximum absolute atomic E-state index is 15.3. The molecule has 3 aromatic carbocycles. The van der Waals surface area contributed by atoms with Gasteiger partial charge in [0.1, 0.15) is 24.0 Å². The Labute approximate surface area is 188 Å². The van der Waals surface area contributed by atoms with Crippen LogP contribution in [0.1, 0.15) is 37.7 Å². The van der Waals surface area contributed by atoms with Crippen molar-refractivity contribution in [2.24, 2.45) is 7.05 Å². The van der Waals surface area contributed by atoms with Crippen molar-refractivity contribution in [3.8, 4) is 22.4 Å². The summed E-state index contributed by atoms with van der Waals surface area (Å²) in [7, 11) is 1.97. The van der Waals surface area contributed by atoms with Crippen molar-refractivity contribution in [2.75, 3.05) is 0 Å². The molecule has 0 aliphatic heterocycles. The lowest BCUT2D eigenvalue weighted by Crippen LogP contribution is -2.31. The Morgan fingerprint density at radius 3 is 2.26 bits per heavy atom. The van der Waals surface area contributed by atoms with Gasteiger partial charge >= 0.3 is 0 Å². The predicted molar refractivity (Wildman–Crippen MR) is 125 cm³/mol. The third-order valence-corrected chi connectivity index (χ3v) is 5.80. The molecular weight excluding hydrogens is 385 g/mol. The number of fused-ring (bicyclic) bond motifs is 3. The Kier molecular flexibility index (Phi) is 3.44. The second-order valence-corrected chi connectivity index (χ2v) is 8.15. The van der Waals surface area contributed by atoms with Crippen LogP contribution in [0.4, 0.5) is 4.39 Å². The minimum atomic E-state index is -0.717. The Balaban J connectivity index is 1.89. The van der Waals surface area contributed by atoms with Gasteiger partial charge in [0.05, 0.1) is 18.0 Å². The Morgan fingerprint density at radius 2 is 1.58 bits per heavy atom. The van der Waals surface area contributed by atoms with Gasteiger partial charge in [0.15, 0.2) is 6.20 Å². The normalized spacial score (nSPS) is 13.9. The number of aryl methyl sites for hydroxylation is 2. The van der Waals surface area contributed by atoms with E-state index in [4.69, 9.17) is 11.3 Å². The summed E-state index contributed by atoms with van der Waals surface area (Å²) in [5, 5.41) is 1.36. The van der Waals surface area contributed by atoms with Crippen LogP contribution in [0.2, 0.25) is 0 Å². The second kappa shape index (κ2) is 7.35. The van der Waals surface area contributed by atoms with Gasteiger partial charge in [0, 0.05) is 22.4 Å². The number of rotatable bonds is 3. The van der Waals surface area contributed by atoms with Crippen LogP contribution in [0.25, 0.3) is 44.3 Å². The van der Waals surface area contributed by atoms with Crippen LogP contribution < -0.4 is 4.57 Å². The largest absolute Gasteiger partial charge is 0.454 e. The number of hydrogen-bond donors (Lipinski definition) is 0. The van der Waals surface area contributed by atoms with Gasteiger partial charge in [-0.05, 0) is 42.2 Å². The molecule has 0 unspecified atom stereocenters. The first-order valence-corrected chi connectivity index (χ1v) is 10.2. The summed E-state index contributed by atoms with van der Waals surface area (Å²) >= 11 is 0. The molecule has 0 saturated heterocycles. The molecule has 0 N–H and O–H groups in total. The maximum atomic E-state index is 15.3. The average molecular weight is 416 g/mol. The highest BCUT2D eigenvalue weighted by Gasteiger charge is 2.23. The summed E-state index contributed by atoms with van der Waals surface area (Å²) in [5.41, 5.74) is 4.30. The lowest BCUT2D eigenvalue weighted by atomic mass is 9.98. The van der Waals surface area contributed by atoms with E-state index in [-0.39, 0.29) is 16.7 Å². The van der Waals surface area contributed by atoms with Crippen molar-refractivity contribution in [1.29, 1.82) is 0 Å². The molecule has 0 aliphatic carbocycles. The molecule has 2 nitrogen and oxygen atoms in total. The van der Waals surface area contributed by atoms with E-state index in [2.05, 4.69) is 26.1 Å². The minimum Gasteiger partial charge on any atom is -0.454 e. The van der Waals surface area contributed by atoms with Crippen molar-refractivity contribution < 1.29 is 20.2 Å². The molecule has 5 aromatic rings. The lowest BCUT2D eigenvalue weighted by molar-refractivity contribution is -0.660. The summed E-state index contributed by atoms with van der Waals surface area (Å²) in [5.74, 6) is -0.346. The molecule has 5 rings (SSSR count). The zero-order valence-electron chi connectivity index (χ0n) is 22.9. The summed E-state index contributed by atoms with van der Waals surface area (Å²) in [6.07, 6.45) is 2.08. The van der Waals surface area contributed by atoms with Gasteiger partial charge in [-0.1, -0.05) is 56.2 Å². The number of furan rings is 1. The minimum absolute atomic E-state index is 0.135. The van der Waals surface area contributed by atoms with E-state index >= 15 is 4.39 Å². The quantitative estimate of drug-likeness (QED) is 0.282. The van der Waals surface area contributed by atoms with Gasteiger partial charge in [-0.3, -0.25) is 0 Å². The van der Waals surface area contributed by atoms with Gasteiger partial charge in [0.25, 0.3) is 0 Å². The van der Waals surface area contributed by atoms with E-state index in [1.54, 1.807) is 6.07 Å². The van der Waals surface area contributed by atoms with Gasteiger partial charge in [0.2, 0.25) is 5.69 Å². The molecule has 154 valence electrons. The number of benzene rings is 3. The van der Waals surface area contributed by atoms with E-state index in [9.17, 15) is 0 Å². The molecule has 0 saturated carbocycles. The predicted octanol–water partition coefficient (Wildman–Crippen LogP) is 7.32. The highest BCUT2D eigenvalue weighted by atomic mass is 19.1. The molecule has 0 spiro atoms. The van der Waals surface area contributed by atoms with Crippen molar-refractivity contribution in [3.63, 3.8) is 0 Å². The molecule has 0 radical (unpaired) electrons. The van der Waals surface area contributed by atoms with Crippen molar-refractivity contribution in [1.82, 2.24) is 0 Å². The van der Waals surface area contributed by atoms with Crippen LogP contribution in [0, 0.1) is 12.7 Å². The Hall–Kier alpha value is -3.46. The fourth-order valence-electron chi connectivity index (χ4n) is 4.13. The first-order chi connectivity index (χ1) is 17.0. The number of aromatic nitrogens is 1. The highest BCUT2D eigenvalue weighted by molar-refractivity contribution is 6.13. The molecule has 2 heterocycles. The Morgan fingerprint density at radius 1 is 0.903 bits per heavy atom. The third kappa shape index (κ3) is 3.12.